The van der Waals surface area contributed by atoms with Crippen LogP contribution in [0, 0.1) is 11.8 Å². The van der Waals surface area contributed by atoms with Crippen LogP contribution in [0.1, 0.15) is 408 Å². The van der Waals surface area contributed by atoms with Crippen molar-refractivity contribution in [2.75, 3.05) is 39.6 Å². The molecule has 576 valence electrons. The van der Waals surface area contributed by atoms with Gasteiger partial charge < -0.3 is 33.8 Å². The molecular weight excluding hydrogens is 1270 g/mol. The lowest BCUT2D eigenvalue weighted by atomic mass is 9.99. The highest BCUT2D eigenvalue weighted by atomic mass is 31.2. The van der Waals surface area contributed by atoms with Gasteiger partial charge in [0.1, 0.15) is 19.3 Å². The molecule has 0 aliphatic carbocycles. The maximum absolute atomic E-state index is 13.1. The standard InChI is InChI=1S/C78H152O17P2/c1-7-10-12-14-16-17-18-19-20-21-22-23-24-25-28-32-38-44-50-56-62-77(82)95-74(67-89-76(81)61-55-49-43-37-31-29-26-27-30-35-41-46-52-58-70(4)5)69-93-97(86,87)91-65-72(79)64-90-96(84,85)92-68-73(66-88-75(80)60-54-48-40-15-13-11-8-2)94-78(83)63-57-51-45-39-34-33-36-42-47-53-59-71(6)9-3/h70-74,79H,7-69H2,1-6H3,(H,84,85)(H,86,87)/t71?,72-,73+,74+/m0/s1. The highest BCUT2D eigenvalue weighted by molar-refractivity contribution is 7.47. The van der Waals surface area contributed by atoms with Crippen LogP contribution >= 0.6 is 15.6 Å². The van der Waals surface area contributed by atoms with E-state index in [4.69, 9.17) is 37.0 Å². The second-order valence-electron chi connectivity index (χ2n) is 28.8. The van der Waals surface area contributed by atoms with Gasteiger partial charge in [0.15, 0.2) is 12.2 Å². The summed E-state index contributed by atoms with van der Waals surface area (Å²) in [7, 11) is -9.91. The minimum absolute atomic E-state index is 0.106. The molecule has 0 aromatic rings. The van der Waals surface area contributed by atoms with Crippen molar-refractivity contribution >= 4 is 39.5 Å². The van der Waals surface area contributed by atoms with Crippen LogP contribution in [0.2, 0.25) is 0 Å². The first-order chi connectivity index (χ1) is 46.9. The zero-order valence-electron chi connectivity index (χ0n) is 63.4. The average Bonchev–Trinajstić information content (AvgIpc) is 1.45. The van der Waals surface area contributed by atoms with E-state index < -0.39 is 97.5 Å². The Labute approximate surface area is 594 Å². The van der Waals surface area contributed by atoms with Crippen molar-refractivity contribution in [1.82, 2.24) is 0 Å². The molecule has 97 heavy (non-hydrogen) atoms. The third-order valence-electron chi connectivity index (χ3n) is 18.6. The fourth-order valence-electron chi connectivity index (χ4n) is 12.0. The molecule has 0 fully saturated rings. The Balaban J connectivity index is 5.19. The number of ether oxygens (including phenoxy) is 4. The first-order valence-corrected chi connectivity index (χ1v) is 43.5. The van der Waals surface area contributed by atoms with E-state index in [1.165, 1.54) is 212 Å². The Morgan fingerprint density at radius 3 is 0.784 bits per heavy atom. The van der Waals surface area contributed by atoms with Crippen LogP contribution in [0.25, 0.3) is 0 Å². The van der Waals surface area contributed by atoms with Crippen LogP contribution in [-0.2, 0) is 65.4 Å². The van der Waals surface area contributed by atoms with Crippen molar-refractivity contribution in [3.05, 3.63) is 0 Å². The van der Waals surface area contributed by atoms with Gasteiger partial charge in [0, 0.05) is 25.7 Å². The number of esters is 4. The van der Waals surface area contributed by atoms with E-state index in [9.17, 15) is 43.2 Å². The SMILES string of the molecule is CCCCCCCCCCCCCCCCCCCCCCC(=O)O[C@H](COC(=O)CCCCCCCCCCCCCCCC(C)C)COP(=O)(O)OC[C@@H](O)COP(=O)(O)OC[C@@H](COC(=O)CCCCCCCCC)OC(=O)CCCCCCCCCCCCC(C)CC. The molecule has 3 N–H and O–H groups in total. The molecule has 0 aromatic heterocycles. The first kappa shape index (κ1) is 95.1. The number of carbonyl (C=O) groups is 4. The molecule has 17 nitrogen and oxygen atoms in total. The van der Waals surface area contributed by atoms with Gasteiger partial charge in [0.2, 0.25) is 0 Å². The van der Waals surface area contributed by atoms with E-state index in [0.717, 1.165) is 115 Å². The summed E-state index contributed by atoms with van der Waals surface area (Å²) < 4.78 is 68.5. The number of phosphoric acid groups is 2. The van der Waals surface area contributed by atoms with Crippen molar-refractivity contribution in [1.29, 1.82) is 0 Å². The molecule has 0 saturated carbocycles. The second-order valence-corrected chi connectivity index (χ2v) is 31.7. The maximum Gasteiger partial charge on any atom is 0.472 e. The van der Waals surface area contributed by atoms with Gasteiger partial charge in [-0.15, -0.1) is 0 Å². The largest absolute Gasteiger partial charge is 0.472 e. The first-order valence-electron chi connectivity index (χ1n) is 40.5. The van der Waals surface area contributed by atoms with Gasteiger partial charge in [-0.25, -0.2) is 9.13 Å². The zero-order valence-corrected chi connectivity index (χ0v) is 65.2. The normalized spacial score (nSPS) is 14.2. The van der Waals surface area contributed by atoms with Crippen LogP contribution < -0.4 is 0 Å². The number of aliphatic hydroxyl groups excluding tert-OH is 1. The molecular formula is C78H152O17P2. The van der Waals surface area contributed by atoms with Crippen LogP contribution in [0.15, 0.2) is 0 Å². The average molecular weight is 1420 g/mol. The van der Waals surface area contributed by atoms with Crippen LogP contribution in [0.3, 0.4) is 0 Å². The molecule has 0 radical (unpaired) electrons. The van der Waals surface area contributed by atoms with Crippen LogP contribution in [-0.4, -0.2) is 96.7 Å². The topological polar surface area (TPSA) is 237 Å². The lowest BCUT2D eigenvalue weighted by Crippen LogP contribution is -2.30. The molecule has 0 spiro atoms. The Morgan fingerprint density at radius 1 is 0.299 bits per heavy atom. The third-order valence-corrected chi connectivity index (χ3v) is 20.5. The van der Waals surface area contributed by atoms with Gasteiger partial charge in [0.25, 0.3) is 0 Å². The zero-order chi connectivity index (χ0) is 71.4. The van der Waals surface area contributed by atoms with Gasteiger partial charge in [-0.3, -0.25) is 37.3 Å². The number of aliphatic hydroxyl groups is 1. The number of hydrogen-bond donors (Lipinski definition) is 3. The van der Waals surface area contributed by atoms with Crippen molar-refractivity contribution in [2.24, 2.45) is 11.8 Å². The highest BCUT2D eigenvalue weighted by Gasteiger charge is 2.30. The summed E-state index contributed by atoms with van der Waals surface area (Å²) in [4.78, 5) is 72.8. The molecule has 0 bridgehead atoms. The minimum Gasteiger partial charge on any atom is -0.462 e. The van der Waals surface area contributed by atoms with Gasteiger partial charge >= 0.3 is 39.5 Å². The number of carbonyl (C=O) groups excluding carboxylic acids is 4. The molecule has 0 rings (SSSR count). The van der Waals surface area contributed by atoms with Crippen molar-refractivity contribution < 1.29 is 80.2 Å². The Bertz CT molecular complexity index is 1870. The number of phosphoric ester groups is 2. The molecule has 6 atom stereocenters. The monoisotopic (exact) mass is 1420 g/mol. The van der Waals surface area contributed by atoms with Crippen molar-refractivity contribution in [3.63, 3.8) is 0 Å². The smallest absolute Gasteiger partial charge is 0.462 e. The molecule has 0 heterocycles. The number of rotatable bonds is 77. The summed E-state index contributed by atoms with van der Waals surface area (Å²) in [6.07, 6.45) is 58.4. The Morgan fingerprint density at radius 2 is 0.526 bits per heavy atom. The summed E-state index contributed by atoms with van der Waals surface area (Å²) in [5.41, 5.74) is 0. The van der Waals surface area contributed by atoms with Crippen LogP contribution in [0.4, 0.5) is 0 Å². The lowest BCUT2D eigenvalue weighted by Gasteiger charge is -2.21. The Kier molecular flexibility index (Phi) is 68.4. The summed E-state index contributed by atoms with van der Waals surface area (Å²) >= 11 is 0. The van der Waals surface area contributed by atoms with E-state index in [1.54, 1.807) is 0 Å². The van der Waals surface area contributed by atoms with E-state index in [1.807, 2.05) is 0 Å². The molecule has 0 aromatic carbocycles. The highest BCUT2D eigenvalue weighted by Crippen LogP contribution is 2.45. The number of hydrogen-bond acceptors (Lipinski definition) is 15. The quantitative estimate of drug-likeness (QED) is 0.0222. The van der Waals surface area contributed by atoms with E-state index in [2.05, 4.69) is 41.5 Å². The molecule has 19 heteroatoms. The lowest BCUT2D eigenvalue weighted by molar-refractivity contribution is -0.161. The number of unbranched alkanes of at least 4 members (excludes halogenated alkanes) is 46. The molecule has 0 aliphatic heterocycles. The van der Waals surface area contributed by atoms with E-state index in [0.29, 0.717) is 25.7 Å². The molecule has 3 unspecified atom stereocenters. The van der Waals surface area contributed by atoms with Crippen LogP contribution in [0.5, 0.6) is 0 Å². The summed E-state index contributed by atoms with van der Waals surface area (Å²) in [6, 6.07) is 0. The van der Waals surface area contributed by atoms with Gasteiger partial charge in [0.05, 0.1) is 26.4 Å². The fraction of sp³-hybridized carbons (Fsp3) is 0.949. The third kappa shape index (κ3) is 70.9. The molecule has 0 aliphatic rings. The van der Waals surface area contributed by atoms with Crippen molar-refractivity contribution in [3.8, 4) is 0 Å². The molecule has 0 saturated heterocycles. The predicted molar refractivity (Wildman–Crippen MR) is 395 cm³/mol. The summed E-state index contributed by atoms with van der Waals surface area (Å²) in [5.74, 6) is -0.523. The molecule has 0 amide bonds. The minimum atomic E-state index is -4.96. The maximum atomic E-state index is 13.1. The fourth-order valence-corrected chi connectivity index (χ4v) is 13.6. The second kappa shape index (κ2) is 69.8. The predicted octanol–water partition coefficient (Wildman–Crippen LogP) is 23.1. The van der Waals surface area contributed by atoms with Gasteiger partial charge in [-0.1, -0.05) is 356 Å². The summed E-state index contributed by atoms with van der Waals surface area (Å²) in [6.45, 7) is 9.61. The van der Waals surface area contributed by atoms with Crippen molar-refractivity contribution in [2.45, 2.75) is 426 Å². The van der Waals surface area contributed by atoms with E-state index >= 15 is 0 Å². The Hall–Kier alpha value is -1.94. The summed E-state index contributed by atoms with van der Waals surface area (Å²) in [5, 5.41) is 10.6. The van der Waals surface area contributed by atoms with E-state index in [-0.39, 0.29) is 25.7 Å². The van der Waals surface area contributed by atoms with Gasteiger partial charge in [-0.05, 0) is 37.5 Å². The van der Waals surface area contributed by atoms with Gasteiger partial charge in [-0.2, -0.15) is 0 Å².